The van der Waals surface area contributed by atoms with Gasteiger partial charge in [0.05, 0.1) is 6.07 Å². The summed E-state index contributed by atoms with van der Waals surface area (Å²) in [6, 6.07) is 1.95. The maximum atomic E-state index is 11.8. The molecule has 2 unspecified atom stereocenters. The van der Waals surface area contributed by atoms with Gasteiger partial charge in [-0.15, -0.1) is 0 Å². The highest BCUT2D eigenvalue weighted by molar-refractivity contribution is 7.89. The Kier molecular flexibility index (Phi) is 2.98. The summed E-state index contributed by atoms with van der Waals surface area (Å²) >= 11 is 0. The van der Waals surface area contributed by atoms with Crippen molar-refractivity contribution in [1.82, 2.24) is 4.31 Å². The van der Waals surface area contributed by atoms with E-state index in [1.165, 1.54) is 0 Å². The highest BCUT2D eigenvalue weighted by atomic mass is 32.2. The zero-order valence-electron chi connectivity index (χ0n) is 8.72. The van der Waals surface area contributed by atoms with Gasteiger partial charge < -0.3 is 0 Å². The molecule has 0 aromatic heterocycles. The van der Waals surface area contributed by atoms with Gasteiger partial charge in [-0.05, 0) is 31.6 Å². The normalized spacial score (nSPS) is 32.2. The second kappa shape index (κ2) is 4.11. The molecule has 0 aromatic carbocycles. The van der Waals surface area contributed by atoms with Crippen LogP contribution in [0.25, 0.3) is 0 Å². The lowest BCUT2D eigenvalue weighted by Gasteiger charge is -2.36. The minimum atomic E-state index is -3.32. The Labute approximate surface area is 90.9 Å². The molecule has 2 aliphatic rings. The molecule has 15 heavy (non-hydrogen) atoms. The quantitative estimate of drug-likeness (QED) is 0.711. The van der Waals surface area contributed by atoms with Gasteiger partial charge in [0.2, 0.25) is 10.0 Å². The summed E-state index contributed by atoms with van der Waals surface area (Å²) in [5.41, 5.74) is 0. The Bertz CT molecular complexity index is 371. The molecule has 1 heterocycles. The molecule has 2 rings (SSSR count). The van der Waals surface area contributed by atoms with Gasteiger partial charge >= 0.3 is 0 Å². The number of nitrogens with zero attached hydrogens (tertiary/aromatic N) is 2. The first-order chi connectivity index (χ1) is 7.15. The van der Waals surface area contributed by atoms with Crippen molar-refractivity contribution in [3.63, 3.8) is 0 Å². The van der Waals surface area contributed by atoms with Gasteiger partial charge in [-0.2, -0.15) is 9.57 Å². The van der Waals surface area contributed by atoms with Crippen LogP contribution in [0.4, 0.5) is 0 Å². The molecule has 2 atom stereocenters. The minimum Gasteiger partial charge on any atom is -0.211 e. The molecule has 2 fully saturated rings. The standard InChI is InChI=1S/C10H16N2O2S/c11-6-8-15(13,14)12-7-2-4-9-3-1-5-10(9)12/h9-10H,1-5,7-8H2. The summed E-state index contributed by atoms with van der Waals surface area (Å²) in [5.74, 6) is 0.183. The second-order valence-corrected chi connectivity index (χ2v) is 6.35. The zero-order chi connectivity index (χ0) is 10.9. The van der Waals surface area contributed by atoms with E-state index >= 15 is 0 Å². The van der Waals surface area contributed by atoms with Crippen molar-refractivity contribution in [1.29, 1.82) is 5.26 Å². The monoisotopic (exact) mass is 228 g/mol. The highest BCUT2D eigenvalue weighted by Crippen LogP contribution is 2.37. The van der Waals surface area contributed by atoms with Crippen molar-refractivity contribution in [2.45, 2.75) is 38.1 Å². The van der Waals surface area contributed by atoms with E-state index in [9.17, 15) is 8.42 Å². The van der Waals surface area contributed by atoms with Crippen LogP contribution in [0.1, 0.15) is 32.1 Å². The first-order valence-electron chi connectivity index (χ1n) is 5.51. The third-order valence-electron chi connectivity index (χ3n) is 3.55. The van der Waals surface area contributed by atoms with E-state index in [4.69, 9.17) is 5.26 Å². The van der Waals surface area contributed by atoms with Crippen LogP contribution in [0.5, 0.6) is 0 Å². The molecule has 5 heteroatoms. The van der Waals surface area contributed by atoms with Crippen molar-refractivity contribution in [2.75, 3.05) is 12.3 Å². The van der Waals surface area contributed by atoms with E-state index in [2.05, 4.69) is 0 Å². The van der Waals surface area contributed by atoms with Crippen molar-refractivity contribution >= 4 is 10.0 Å². The summed E-state index contributed by atoms with van der Waals surface area (Å²) in [7, 11) is -3.32. The fraction of sp³-hybridized carbons (Fsp3) is 0.900. The maximum Gasteiger partial charge on any atom is 0.227 e. The SMILES string of the molecule is N#CCS(=O)(=O)N1CCCC2CCCC21. The van der Waals surface area contributed by atoms with Gasteiger partial charge in [0, 0.05) is 12.6 Å². The van der Waals surface area contributed by atoms with Crippen LogP contribution in [0.2, 0.25) is 0 Å². The first kappa shape index (κ1) is 10.9. The summed E-state index contributed by atoms with van der Waals surface area (Å²) in [6.45, 7) is 0.616. The molecule has 0 bridgehead atoms. The predicted molar refractivity (Wildman–Crippen MR) is 56.5 cm³/mol. The molecule has 0 amide bonds. The average Bonchev–Trinajstić information content (AvgIpc) is 2.64. The molecular weight excluding hydrogens is 212 g/mol. The Morgan fingerprint density at radius 3 is 2.73 bits per heavy atom. The molecule has 0 spiro atoms. The minimum absolute atomic E-state index is 0.192. The first-order valence-corrected chi connectivity index (χ1v) is 7.12. The van der Waals surface area contributed by atoms with E-state index in [1.54, 1.807) is 10.4 Å². The second-order valence-electron chi connectivity index (χ2n) is 4.43. The third kappa shape index (κ3) is 2.01. The van der Waals surface area contributed by atoms with E-state index < -0.39 is 10.0 Å². The van der Waals surface area contributed by atoms with Crippen LogP contribution in [-0.2, 0) is 10.0 Å². The molecule has 1 aliphatic heterocycles. The lowest BCUT2D eigenvalue weighted by atomic mass is 9.94. The Hall–Kier alpha value is -0.600. The van der Waals surface area contributed by atoms with Gasteiger partial charge in [0.25, 0.3) is 0 Å². The van der Waals surface area contributed by atoms with Crippen LogP contribution in [-0.4, -0.2) is 31.1 Å². The van der Waals surface area contributed by atoms with Crippen molar-refractivity contribution < 1.29 is 8.42 Å². The Morgan fingerprint density at radius 2 is 2.00 bits per heavy atom. The number of hydrogen-bond acceptors (Lipinski definition) is 3. The summed E-state index contributed by atoms with van der Waals surface area (Å²) in [6.07, 6.45) is 5.38. The molecule has 0 radical (unpaired) electrons. The maximum absolute atomic E-state index is 11.8. The van der Waals surface area contributed by atoms with Crippen LogP contribution < -0.4 is 0 Å². The lowest BCUT2D eigenvalue weighted by molar-refractivity contribution is 0.202. The van der Waals surface area contributed by atoms with Crippen molar-refractivity contribution in [3.05, 3.63) is 0 Å². The van der Waals surface area contributed by atoms with E-state index in [0.717, 1.165) is 32.1 Å². The highest BCUT2D eigenvalue weighted by Gasteiger charge is 2.40. The number of piperidine rings is 1. The van der Waals surface area contributed by atoms with E-state index in [-0.39, 0.29) is 11.8 Å². The Morgan fingerprint density at radius 1 is 1.27 bits per heavy atom. The van der Waals surface area contributed by atoms with Gasteiger partial charge in [-0.1, -0.05) is 6.42 Å². The predicted octanol–water partition coefficient (Wildman–Crippen LogP) is 1.10. The summed E-state index contributed by atoms with van der Waals surface area (Å²) in [5, 5.41) is 8.52. The topological polar surface area (TPSA) is 61.2 Å². The molecule has 4 nitrogen and oxygen atoms in total. The largest absolute Gasteiger partial charge is 0.227 e. The van der Waals surface area contributed by atoms with E-state index in [1.807, 2.05) is 0 Å². The molecule has 84 valence electrons. The summed E-state index contributed by atoms with van der Waals surface area (Å²) in [4.78, 5) is 0. The number of rotatable bonds is 2. The smallest absolute Gasteiger partial charge is 0.211 e. The Balaban J connectivity index is 2.18. The van der Waals surface area contributed by atoms with Gasteiger partial charge in [-0.25, -0.2) is 8.42 Å². The fourth-order valence-corrected chi connectivity index (χ4v) is 4.34. The van der Waals surface area contributed by atoms with Crippen LogP contribution >= 0.6 is 0 Å². The van der Waals surface area contributed by atoms with E-state index in [0.29, 0.717) is 12.5 Å². The van der Waals surface area contributed by atoms with Crippen LogP contribution in [0.3, 0.4) is 0 Å². The lowest BCUT2D eigenvalue weighted by Crippen LogP contribution is -2.46. The number of hydrogen-bond donors (Lipinski definition) is 0. The average molecular weight is 228 g/mol. The van der Waals surface area contributed by atoms with Gasteiger partial charge in [-0.3, -0.25) is 0 Å². The number of sulfonamides is 1. The fourth-order valence-electron chi connectivity index (χ4n) is 2.92. The molecule has 1 saturated carbocycles. The molecular formula is C10H16N2O2S. The molecule has 1 aliphatic carbocycles. The van der Waals surface area contributed by atoms with Crippen molar-refractivity contribution in [3.8, 4) is 6.07 Å². The molecule has 1 saturated heterocycles. The molecule has 0 N–H and O–H groups in total. The van der Waals surface area contributed by atoms with Gasteiger partial charge in [0.15, 0.2) is 5.75 Å². The third-order valence-corrected chi connectivity index (χ3v) is 5.21. The van der Waals surface area contributed by atoms with Gasteiger partial charge in [0.1, 0.15) is 0 Å². The summed E-state index contributed by atoms with van der Waals surface area (Å²) < 4.78 is 25.3. The number of fused-ring (bicyclic) bond motifs is 1. The van der Waals surface area contributed by atoms with Crippen molar-refractivity contribution in [2.24, 2.45) is 5.92 Å². The number of nitriles is 1. The molecule has 0 aromatic rings. The zero-order valence-corrected chi connectivity index (χ0v) is 9.54. The van der Waals surface area contributed by atoms with Crippen LogP contribution in [0, 0.1) is 17.2 Å². The van der Waals surface area contributed by atoms with Crippen LogP contribution in [0.15, 0.2) is 0 Å².